The van der Waals surface area contributed by atoms with E-state index in [1.54, 1.807) is 12.1 Å². The van der Waals surface area contributed by atoms with Gasteiger partial charge in [0.1, 0.15) is 5.75 Å². The largest absolute Gasteiger partial charge is 0.508 e. The van der Waals surface area contributed by atoms with Gasteiger partial charge in [0.2, 0.25) is 0 Å². The lowest BCUT2D eigenvalue weighted by Crippen LogP contribution is -2.31. The van der Waals surface area contributed by atoms with Gasteiger partial charge in [-0.15, -0.1) is 0 Å². The van der Waals surface area contributed by atoms with Gasteiger partial charge in [-0.1, -0.05) is 0 Å². The van der Waals surface area contributed by atoms with E-state index in [-0.39, 0.29) is 11.8 Å². The Morgan fingerprint density at radius 1 is 1.29 bits per heavy atom. The van der Waals surface area contributed by atoms with Crippen LogP contribution in [0.4, 0.5) is 10.5 Å². The molecule has 1 fully saturated rings. The van der Waals surface area contributed by atoms with E-state index >= 15 is 0 Å². The van der Waals surface area contributed by atoms with Gasteiger partial charge in [-0.3, -0.25) is 4.90 Å². The lowest BCUT2D eigenvalue weighted by Gasteiger charge is -2.18. The molecule has 2 N–H and O–H groups in total. The summed E-state index contributed by atoms with van der Waals surface area (Å²) in [7, 11) is 0. The van der Waals surface area contributed by atoms with Gasteiger partial charge in [-0.05, 0) is 37.1 Å². The van der Waals surface area contributed by atoms with Crippen LogP contribution in [0.3, 0.4) is 0 Å². The summed E-state index contributed by atoms with van der Waals surface area (Å²) in [4.78, 5) is 12.3. The van der Waals surface area contributed by atoms with Crippen molar-refractivity contribution in [3.05, 3.63) is 24.3 Å². The van der Waals surface area contributed by atoms with Gasteiger partial charge >= 0.3 is 6.09 Å². The van der Waals surface area contributed by atoms with Crippen molar-refractivity contribution < 1.29 is 15.0 Å². The van der Waals surface area contributed by atoms with E-state index in [4.69, 9.17) is 10.2 Å². The fourth-order valence-electron chi connectivity index (χ4n) is 1.42. The van der Waals surface area contributed by atoms with Crippen LogP contribution in [-0.4, -0.2) is 22.3 Å². The molecule has 0 aliphatic heterocycles. The monoisotopic (exact) mass is 193 g/mol. The summed E-state index contributed by atoms with van der Waals surface area (Å²) in [5, 5.41) is 18.0. The number of hydrogen-bond donors (Lipinski definition) is 2. The average molecular weight is 193 g/mol. The summed E-state index contributed by atoms with van der Waals surface area (Å²) in [6.45, 7) is 0. The number of carboxylic acid groups (broad SMARTS) is 1. The molecule has 2 rings (SSSR count). The first kappa shape index (κ1) is 8.87. The van der Waals surface area contributed by atoms with Gasteiger partial charge in [-0.2, -0.15) is 0 Å². The maximum atomic E-state index is 10.9. The number of hydrogen-bond acceptors (Lipinski definition) is 2. The van der Waals surface area contributed by atoms with Crippen LogP contribution in [0.2, 0.25) is 0 Å². The van der Waals surface area contributed by atoms with Gasteiger partial charge in [0.25, 0.3) is 0 Å². The maximum absolute atomic E-state index is 10.9. The number of anilines is 1. The Kier molecular flexibility index (Phi) is 2.04. The van der Waals surface area contributed by atoms with E-state index < -0.39 is 6.09 Å². The number of carbonyl (C=O) groups is 1. The number of phenolic OH excluding ortho intramolecular Hbond substituents is 1. The molecule has 0 spiro atoms. The minimum Gasteiger partial charge on any atom is -0.508 e. The van der Waals surface area contributed by atoms with E-state index in [1.807, 2.05) is 0 Å². The highest BCUT2D eigenvalue weighted by atomic mass is 16.4. The highest BCUT2D eigenvalue weighted by Crippen LogP contribution is 2.32. The number of benzene rings is 1. The minimum atomic E-state index is -0.932. The Bertz CT molecular complexity index is 343. The van der Waals surface area contributed by atoms with Crippen molar-refractivity contribution >= 4 is 11.8 Å². The minimum absolute atomic E-state index is 0.122. The van der Waals surface area contributed by atoms with Crippen molar-refractivity contribution in [3.63, 3.8) is 0 Å². The zero-order chi connectivity index (χ0) is 10.1. The van der Waals surface area contributed by atoms with E-state index in [9.17, 15) is 4.79 Å². The molecule has 1 saturated carbocycles. The van der Waals surface area contributed by atoms with E-state index in [1.165, 1.54) is 17.0 Å². The zero-order valence-electron chi connectivity index (χ0n) is 7.55. The topological polar surface area (TPSA) is 60.8 Å². The van der Waals surface area contributed by atoms with E-state index in [0.29, 0.717) is 5.69 Å². The SMILES string of the molecule is O=C(O)N(c1ccc(O)cc1)C1CC1. The third-order valence-corrected chi connectivity index (χ3v) is 2.25. The molecule has 1 aliphatic rings. The molecule has 1 aliphatic carbocycles. The Labute approximate surface area is 81.4 Å². The predicted octanol–water partition coefficient (Wildman–Crippen LogP) is 2.04. The zero-order valence-corrected chi connectivity index (χ0v) is 7.55. The number of nitrogens with zero attached hydrogens (tertiary/aromatic N) is 1. The van der Waals surface area contributed by atoms with Crippen molar-refractivity contribution in [1.82, 2.24) is 0 Å². The molecule has 0 heterocycles. The molecule has 14 heavy (non-hydrogen) atoms. The average Bonchev–Trinajstić information content (AvgIpc) is 2.92. The molecule has 0 unspecified atom stereocenters. The number of phenols is 1. The van der Waals surface area contributed by atoms with Crippen LogP contribution in [0.1, 0.15) is 12.8 Å². The Morgan fingerprint density at radius 3 is 2.29 bits per heavy atom. The Hall–Kier alpha value is -1.71. The fourth-order valence-corrected chi connectivity index (χ4v) is 1.42. The second-order valence-corrected chi connectivity index (χ2v) is 3.40. The van der Waals surface area contributed by atoms with Gasteiger partial charge in [0.15, 0.2) is 0 Å². The normalized spacial score (nSPS) is 15.1. The van der Waals surface area contributed by atoms with E-state index in [2.05, 4.69) is 0 Å². The molecule has 1 aromatic rings. The first-order valence-corrected chi connectivity index (χ1v) is 4.49. The molecule has 0 aromatic heterocycles. The van der Waals surface area contributed by atoms with Gasteiger partial charge in [0, 0.05) is 11.7 Å². The summed E-state index contributed by atoms with van der Waals surface area (Å²) in [6, 6.07) is 6.34. The van der Waals surface area contributed by atoms with Crippen LogP contribution < -0.4 is 4.90 Å². The molecule has 1 amide bonds. The number of aromatic hydroxyl groups is 1. The van der Waals surface area contributed by atoms with Crippen molar-refractivity contribution in [1.29, 1.82) is 0 Å². The maximum Gasteiger partial charge on any atom is 0.412 e. The third-order valence-electron chi connectivity index (χ3n) is 2.25. The highest BCUT2D eigenvalue weighted by Gasteiger charge is 2.33. The molecule has 4 heteroatoms. The van der Waals surface area contributed by atoms with Crippen LogP contribution in [0.5, 0.6) is 5.75 Å². The lowest BCUT2D eigenvalue weighted by molar-refractivity contribution is 0.201. The summed E-state index contributed by atoms with van der Waals surface area (Å²) < 4.78 is 0. The quantitative estimate of drug-likeness (QED) is 0.755. The second-order valence-electron chi connectivity index (χ2n) is 3.40. The smallest absolute Gasteiger partial charge is 0.412 e. The molecule has 0 bridgehead atoms. The number of amides is 1. The first-order valence-electron chi connectivity index (χ1n) is 4.49. The summed E-state index contributed by atoms with van der Waals surface area (Å²) >= 11 is 0. The molecular weight excluding hydrogens is 182 g/mol. The fraction of sp³-hybridized carbons (Fsp3) is 0.300. The molecule has 74 valence electrons. The van der Waals surface area contributed by atoms with Crippen LogP contribution >= 0.6 is 0 Å². The number of rotatable bonds is 2. The van der Waals surface area contributed by atoms with E-state index in [0.717, 1.165) is 12.8 Å². The van der Waals surface area contributed by atoms with Crippen molar-refractivity contribution in [2.75, 3.05) is 4.90 Å². The molecule has 0 atom stereocenters. The van der Waals surface area contributed by atoms with Crippen LogP contribution in [0.15, 0.2) is 24.3 Å². The third kappa shape index (κ3) is 1.64. The predicted molar refractivity (Wildman–Crippen MR) is 51.6 cm³/mol. The molecule has 1 aromatic carbocycles. The van der Waals surface area contributed by atoms with Gasteiger partial charge < -0.3 is 10.2 Å². The van der Waals surface area contributed by atoms with Gasteiger partial charge in [-0.25, -0.2) is 4.79 Å². The van der Waals surface area contributed by atoms with Crippen molar-refractivity contribution in [2.45, 2.75) is 18.9 Å². The molecule has 4 nitrogen and oxygen atoms in total. The highest BCUT2D eigenvalue weighted by molar-refractivity contribution is 5.87. The standard InChI is InChI=1S/C10H11NO3/c12-9-5-3-8(4-6-9)11(10(13)14)7-1-2-7/h3-7,12H,1-2H2,(H,13,14). The lowest BCUT2D eigenvalue weighted by atomic mass is 10.3. The second kappa shape index (κ2) is 3.21. The Morgan fingerprint density at radius 2 is 1.86 bits per heavy atom. The van der Waals surface area contributed by atoms with Crippen molar-refractivity contribution in [3.8, 4) is 5.75 Å². The van der Waals surface area contributed by atoms with Crippen LogP contribution in [0, 0.1) is 0 Å². The van der Waals surface area contributed by atoms with Crippen molar-refractivity contribution in [2.24, 2.45) is 0 Å². The summed E-state index contributed by atoms with van der Waals surface area (Å²) in [5.41, 5.74) is 0.623. The van der Waals surface area contributed by atoms with Crippen LogP contribution in [-0.2, 0) is 0 Å². The summed E-state index contributed by atoms with van der Waals surface area (Å²) in [5.74, 6) is 0.148. The summed E-state index contributed by atoms with van der Waals surface area (Å²) in [6.07, 6.45) is 0.915. The Balaban J connectivity index is 2.26. The molecular formula is C10H11NO3. The molecule has 0 radical (unpaired) electrons. The van der Waals surface area contributed by atoms with Gasteiger partial charge in [0.05, 0.1) is 0 Å². The molecule has 0 saturated heterocycles. The van der Waals surface area contributed by atoms with Crippen LogP contribution in [0.25, 0.3) is 0 Å². The first-order chi connectivity index (χ1) is 6.68.